The number of nitrogens with one attached hydrogen (secondary N) is 1. The minimum absolute atomic E-state index is 0.478. The van der Waals surface area contributed by atoms with Crippen LogP contribution in [0.1, 0.15) is 45.4 Å². The van der Waals surface area contributed by atoms with Crippen molar-refractivity contribution in [3.63, 3.8) is 0 Å². The molecule has 0 spiro atoms. The van der Waals surface area contributed by atoms with Gasteiger partial charge in [-0.25, -0.2) is 0 Å². The molecule has 1 N–H and O–H groups in total. The monoisotopic (exact) mass is 238 g/mol. The standard InChI is InChI=1S/C14H26N2O/c1-11-4-5-14(17-11)10-15-12-6-8-16-7-2-3-13(16)9-12/h11-15H,2-10H2,1H3. The van der Waals surface area contributed by atoms with Gasteiger partial charge in [-0.1, -0.05) is 0 Å². The van der Waals surface area contributed by atoms with Crippen LogP contribution in [0.25, 0.3) is 0 Å². The molecule has 4 unspecified atom stereocenters. The highest BCUT2D eigenvalue weighted by Crippen LogP contribution is 2.27. The SMILES string of the molecule is CC1CCC(CNC2CCN3CCCC3C2)O1. The zero-order valence-electron chi connectivity index (χ0n) is 11.0. The van der Waals surface area contributed by atoms with Crippen molar-refractivity contribution < 1.29 is 4.74 Å². The fourth-order valence-corrected chi connectivity index (χ4v) is 3.74. The van der Waals surface area contributed by atoms with E-state index in [0.29, 0.717) is 12.2 Å². The van der Waals surface area contributed by atoms with Gasteiger partial charge in [-0.15, -0.1) is 0 Å². The number of fused-ring (bicyclic) bond motifs is 1. The Morgan fingerprint density at radius 2 is 2.12 bits per heavy atom. The van der Waals surface area contributed by atoms with Crippen LogP contribution in [0.2, 0.25) is 0 Å². The minimum Gasteiger partial charge on any atom is -0.374 e. The highest BCUT2D eigenvalue weighted by Gasteiger charge is 2.32. The van der Waals surface area contributed by atoms with E-state index in [0.717, 1.165) is 18.6 Å². The van der Waals surface area contributed by atoms with Gasteiger partial charge in [0, 0.05) is 18.6 Å². The lowest BCUT2D eigenvalue weighted by Crippen LogP contribution is -2.47. The molecule has 3 heterocycles. The summed E-state index contributed by atoms with van der Waals surface area (Å²) in [7, 11) is 0. The normalized spacial score (nSPS) is 42.9. The molecule has 0 aromatic heterocycles. The summed E-state index contributed by atoms with van der Waals surface area (Å²) in [6.07, 6.45) is 8.99. The number of hydrogen-bond acceptors (Lipinski definition) is 3. The summed E-state index contributed by atoms with van der Waals surface area (Å²) in [5.41, 5.74) is 0. The first-order chi connectivity index (χ1) is 8.31. The molecule has 0 saturated carbocycles. The number of hydrogen-bond donors (Lipinski definition) is 1. The first-order valence-corrected chi connectivity index (χ1v) is 7.44. The summed E-state index contributed by atoms with van der Waals surface area (Å²) < 4.78 is 5.87. The predicted octanol–water partition coefficient (Wildman–Crippen LogP) is 1.77. The molecular weight excluding hydrogens is 212 g/mol. The summed E-state index contributed by atoms with van der Waals surface area (Å²) in [5.74, 6) is 0. The number of nitrogens with zero attached hydrogens (tertiary/aromatic N) is 1. The molecule has 0 aromatic rings. The van der Waals surface area contributed by atoms with Crippen molar-refractivity contribution in [3.8, 4) is 0 Å². The molecule has 0 aromatic carbocycles. The van der Waals surface area contributed by atoms with Gasteiger partial charge in [0.05, 0.1) is 12.2 Å². The molecule has 3 fully saturated rings. The Kier molecular flexibility index (Phi) is 3.69. The largest absolute Gasteiger partial charge is 0.374 e. The second-order valence-corrected chi connectivity index (χ2v) is 6.11. The van der Waals surface area contributed by atoms with Crippen LogP contribution < -0.4 is 5.32 Å². The van der Waals surface area contributed by atoms with Crippen LogP contribution in [0.4, 0.5) is 0 Å². The Balaban J connectivity index is 1.40. The van der Waals surface area contributed by atoms with E-state index < -0.39 is 0 Å². The molecule has 4 atom stereocenters. The molecule has 3 aliphatic heterocycles. The van der Waals surface area contributed by atoms with Gasteiger partial charge in [-0.3, -0.25) is 0 Å². The van der Waals surface area contributed by atoms with Crippen molar-refractivity contribution in [2.45, 2.75) is 69.7 Å². The fraction of sp³-hybridized carbons (Fsp3) is 1.00. The average Bonchev–Trinajstić information content (AvgIpc) is 2.94. The van der Waals surface area contributed by atoms with E-state index in [9.17, 15) is 0 Å². The number of piperidine rings is 1. The van der Waals surface area contributed by atoms with Crippen LogP contribution in [0.15, 0.2) is 0 Å². The maximum Gasteiger partial charge on any atom is 0.0704 e. The third-order valence-electron chi connectivity index (χ3n) is 4.77. The first-order valence-electron chi connectivity index (χ1n) is 7.44. The predicted molar refractivity (Wildman–Crippen MR) is 69.2 cm³/mol. The van der Waals surface area contributed by atoms with Gasteiger partial charge in [0.2, 0.25) is 0 Å². The van der Waals surface area contributed by atoms with E-state index in [2.05, 4.69) is 17.1 Å². The van der Waals surface area contributed by atoms with Gasteiger partial charge in [-0.05, 0) is 58.5 Å². The highest BCUT2D eigenvalue weighted by molar-refractivity contribution is 4.89. The molecule has 0 amide bonds. The van der Waals surface area contributed by atoms with Crippen molar-refractivity contribution in [2.75, 3.05) is 19.6 Å². The van der Waals surface area contributed by atoms with E-state index in [1.165, 1.54) is 51.6 Å². The molecular formula is C14H26N2O. The Hall–Kier alpha value is -0.120. The highest BCUT2D eigenvalue weighted by atomic mass is 16.5. The number of ether oxygens (including phenoxy) is 1. The van der Waals surface area contributed by atoms with E-state index in [-0.39, 0.29) is 0 Å². The van der Waals surface area contributed by atoms with Crippen LogP contribution in [-0.4, -0.2) is 48.8 Å². The molecule has 3 aliphatic rings. The molecule has 0 aliphatic carbocycles. The summed E-state index contributed by atoms with van der Waals surface area (Å²) in [6.45, 7) is 5.92. The lowest BCUT2D eigenvalue weighted by Gasteiger charge is -2.35. The third kappa shape index (κ3) is 2.83. The summed E-state index contributed by atoms with van der Waals surface area (Å²) in [4.78, 5) is 2.69. The maximum atomic E-state index is 5.87. The van der Waals surface area contributed by atoms with Gasteiger partial charge >= 0.3 is 0 Å². The summed E-state index contributed by atoms with van der Waals surface area (Å²) in [6, 6.07) is 1.62. The van der Waals surface area contributed by atoms with E-state index in [4.69, 9.17) is 4.74 Å². The van der Waals surface area contributed by atoms with Crippen LogP contribution in [0.5, 0.6) is 0 Å². The lowest BCUT2D eigenvalue weighted by molar-refractivity contribution is 0.0512. The van der Waals surface area contributed by atoms with Crippen molar-refractivity contribution in [3.05, 3.63) is 0 Å². The molecule has 3 rings (SSSR count). The molecule has 98 valence electrons. The van der Waals surface area contributed by atoms with Crippen molar-refractivity contribution >= 4 is 0 Å². The topological polar surface area (TPSA) is 24.5 Å². The fourth-order valence-electron chi connectivity index (χ4n) is 3.74. The molecule has 0 radical (unpaired) electrons. The minimum atomic E-state index is 0.478. The van der Waals surface area contributed by atoms with Gasteiger partial charge in [0.25, 0.3) is 0 Å². The molecule has 0 bridgehead atoms. The first kappa shape index (κ1) is 11.9. The smallest absolute Gasteiger partial charge is 0.0704 e. The Labute approximate surface area is 105 Å². The van der Waals surface area contributed by atoms with Crippen molar-refractivity contribution in [1.29, 1.82) is 0 Å². The van der Waals surface area contributed by atoms with Crippen molar-refractivity contribution in [1.82, 2.24) is 10.2 Å². The maximum absolute atomic E-state index is 5.87. The molecule has 3 saturated heterocycles. The lowest BCUT2D eigenvalue weighted by atomic mass is 9.97. The summed E-state index contributed by atoms with van der Waals surface area (Å²) in [5, 5.41) is 3.75. The second-order valence-electron chi connectivity index (χ2n) is 6.11. The van der Waals surface area contributed by atoms with Crippen LogP contribution in [0, 0.1) is 0 Å². The Morgan fingerprint density at radius 3 is 2.94 bits per heavy atom. The van der Waals surface area contributed by atoms with E-state index in [1.54, 1.807) is 0 Å². The Morgan fingerprint density at radius 1 is 1.18 bits per heavy atom. The van der Waals surface area contributed by atoms with Gasteiger partial charge in [-0.2, -0.15) is 0 Å². The third-order valence-corrected chi connectivity index (χ3v) is 4.77. The number of rotatable bonds is 3. The zero-order valence-corrected chi connectivity index (χ0v) is 11.0. The van der Waals surface area contributed by atoms with Crippen LogP contribution in [0.3, 0.4) is 0 Å². The zero-order chi connectivity index (χ0) is 11.7. The van der Waals surface area contributed by atoms with Gasteiger partial charge in [0.15, 0.2) is 0 Å². The molecule has 3 nitrogen and oxygen atoms in total. The van der Waals surface area contributed by atoms with Crippen LogP contribution in [-0.2, 0) is 4.74 Å². The summed E-state index contributed by atoms with van der Waals surface area (Å²) >= 11 is 0. The van der Waals surface area contributed by atoms with E-state index in [1.807, 2.05) is 0 Å². The molecule has 3 heteroatoms. The van der Waals surface area contributed by atoms with Gasteiger partial charge in [0.1, 0.15) is 0 Å². The quantitative estimate of drug-likeness (QED) is 0.811. The van der Waals surface area contributed by atoms with Gasteiger partial charge < -0.3 is 15.0 Å². The van der Waals surface area contributed by atoms with Crippen LogP contribution >= 0.6 is 0 Å². The molecule has 17 heavy (non-hydrogen) atoms. The second kappa shape index (κ2) is 5.25. The van der Waals surface area contributed by atoms with E-state index >= 15 is 0 Å². The average molecular weight is 238 g/mol. The van der Waals surface area contributed by atoms with Crippen molar-refractivity contribution in [2.24, 2.45) is 0 Å². The Bertz CT molecular complexity index is 259.